The van der Waals surface area contributed by atoms with Crippen molar-refractivity contribution >= 4 is 17.6 Å². The minimum Gasteiger partial charge on any atom is -0.454 e. The van der Waals surface area contributed by atoms with Gasteiger partial charge in [0.15, 0.2) is 17.3 Å². The summed E-state index contributed by atoms with van der Waals surface area (Å²) in [6.07, 6.45) is 2.67. The van der Waals surface area contributed by atoms with Crippen molar-refractivity contribution in [3.05, 3.63) is 102 Å². The number of ether oxygens (including phenoxy) is 2. The molecule has 0 unspecified atom stereocenters. The van der Waals surface area contributed by atoms with Crippen LogP contribution < -0.4 is 14.8 Å². The predicted octanol–water partition coefficient (Wildman–Crippen LogP) is 5.40. The highest BCUT2D eigenvalue weighted by Gasteiger charge is 2.25. The molecule has 0 spiro atoms. The van der Waals surface area contributed by atoms with Crippen LogP contribution in [0, 0.1) is 5.82 Å². The van der Waals surface area contributed by atoms with E-state index in [1.807, 2.05) is 59.0 Å². The number of nitrogens with zero attached hydrogens (tertiary/aromatic N) is 4. The zero-order valence-electron chi connectivity index (χ0n) is 24.7. The molecule has 230 valence electrons. The number of aromatic nitrogens is 1. The van der Waals surface area contributed by atoms with Gasteiger partial charge in [0.2, 0.25) is 6.79 Å². The van der Waals surface area contributed by atoms with Crippen molar-refractivity contribution in [1.29, 1.82) is 0 Å². The number of amides is 3. The number of fused-ring (bicyclic) bond motifs is 1. The number of rotatable bonds is 10. The van der Waals surface area contributed by atoms with E-state index in [1.54, 1.807) is 23.1 Å². The Bertz CT molecular complexity index is 1610. The van der Waals surface area contributed by atoms with Crippen molar-refractivity contribution in [1.82, 2.24) is 19.3 Å². The fourth-order valence-corrected chi connectivity index (χ4v) is 5.53. The lowest BCUT2D eigenvalue weighted by atomic mass is 10.1. The Morgan fingerprint density at radius 2 is 1.75 bits per heavy atom. The van der Waals surface area contributed by atoms with Crippen molar-refractivity contribution in [2.75, 3.05) is 44.8 Å². The van der Waals surface area contributed by atoms with Gasteiger partial charge in [0.1, 0.15) is 11.6 Å². The van der Waals surface area contributed by atoms with E-state index >= 15 is 0 Å². The van der Waals surface area contributed by atoms with Gasteiger partial charge < -0.3 is 33.6 Å². The number of halogens is 1. The fourth-order valence-electron chi connectivity index (χ4n) is 5.53. The van der Waals surface area contributed by atoms with Crippen LogP contribution in [0.1, 0.15) is 40.9 Å². The third-order valence-corrected chi connectivity index (χ3v) is 7.87. The average Bonchev–Trinajstić information content (AvgIpc) is 3.80. The summed E-state index contributed by atoms with van der Waals surface area (Å²) in [5.74, 6) is 1.91. The van der Waals surface area contributed by atoms with Gasteiger partial charge in [-0.3, -0.25) is 9.69 Å². The second-order valence-electron chi connectivity index (χ2n) is 11.0. The van der Waals surface area contributed by atoms with Crippen LogP contribution in [-0.4, -0.2) is 70.7 Å². The number of anilines is 1. The monoisotopic (exact) mass is 601 g/mol. The lowest BCUT2D eigenvalue weighted by Gasteiger charge is -2.34. The molecule has 4 heterocycles. The lowest BCUT2D eigenvalue weighted by Crippen LogP contribution is -2.48. The number of carbonyl (C=O) groups excluding carboxylic acids is 2. The van der Waals surface area contributed by atoms with Crippen LogP contribution in [0.25, 0.3) is 0 Å². The molecule has 1 N–H and O–H groups in total. The molecule has 2 aliphatic heterocycles. The third kappa shape index (κ3) is 6.73. The van der Waals surface area contributed by atoms with E-state index in [1.165, 1.54) is 12.1 Å². The van der Waals surface area contributed by atoms with Gasteiger partial charge in [-0.05, 0) is 60.5 Å². The van der Waals surface area contributed by atoms with E-state index in [2.05, 4.69) is 10.2 Å². The number of piperazine rings is 1. The number of benzene rings is 2. The molecule has 0 radical (unpaired) electrons. The number of hydrogen-bond acceptors (Lipinski definition) is 6. The zero-order valence-corrected chi connectivity index (χ0v) is 24.7. The van der Waals surface area contributed by atoms with Crippen LogP contribution in [0.15, 0.2) is 77.3 Å². The summed E-state index contributed by atoms with van der Waals surface area (Å²) in [6, 6.07) is 19.2. The largest absolute Gasteiger partial charge is 0.454 e. The molecule has 4 aromatic rings. The quantitative estimate of drug-likeness (QED) is 0.262. The predicted molar refractivity (Wildman–Crippen MR) is 162 cm³/mol. The van der Waals surface area contributed by atoms with Crippen molar-refractivity contribution in [3.8, 4) is 11.5 Å². The molecule has 1 saturated heterocycles. The Labute approximate surface area is 255 Å². The molecule has 10 nitrogen and oxygen atoms in total. The smallest absolute Gasteiger partial charge is 0.322 e. The lowest BCUT2D eigenvalue weighted by molar-refractivity contribution is 0.0596. The normalized spacial score (nSPS) is 14.5. The molecule has 2 aliphatic rings. The highest BCUT2D eigenvalue weighted by Crippen LogP contribution is 2.33. The van der Waals surface area contributed by atoms with Crippen molar-refractivity contribution in [2.24, 2.45) is 0 Å². The van der Waals surface area contributed by atoms with E-state index < -0.39 is 5.82 Å². The Hall–Kier alpha value is -4.77. The summed E-state index contributed by atoms with van der Waals surface area (Å²) < 4.78 is 33.0. The molecule has 0 aliphatic carbocycles. The fraction of sp³-hybridized carbons (Fsp3) is 0.333. The summed E-state index contributed by atoms with van der Waals surface area (Å²) in [5, 5.41) is 2.68. The molecule has 0 saturated carbocycles. The number of hydrogen-bond donors (Lipinski definition) is 1. The highest BCUT2D eigenvalue weighted by atomic mass is 19.1. The molecule has 11 heteroatoms. The molecule has 0 bridgehead atoms. The minimum absolute atomic E-state index is 0.120. The van der Waals surface area contributed by atoms with Gasteiger partial charge in [0, 0.05) is 51.2 Å². The van der Waals surface area contributed by atoms with E-state index in [0.717, 1.165) is 48.8 Å². The van der Waals surface area contributed by atoms with Gasteiger partial charge in [-0.15, -0.1) is 0 Å². The summed E-state index contributed by atoms with van der Waals surface area (Å²) in [4.78, 5) is 32.0. The Morgan fingerprint density at radius 1 is 0.932 bits per heavy atom. The van der Waals surface area contributed by atoms with E-state index in [0.29, 0.717) is 44.2 Å². The van der Waals surface area contributed by atoms with Gasteiger partial charge in [0.25, 0.3) is 5.91 Å². The van der Waals surface area contributed by atoms with Crippen LogP contribution in [0.2, 0.25) is 0 Å². The first-order valence-electron chi connectivity index (χ1n) is 14.9. The number of furan rings is 1. The number of urea groups is 1. The van der Waals surface area contributed by atoms with Crippen molar-refractivity contribution in [3.63, 3.8) is 0 Å². The Balaban J connectivity index is 1.03. The number of para-hydroxylation sites is 1. The van der Waals surface area contributed by atoms with Crippen LogP contribution in [0.4, 0.5) is 14.9 Å². The molecule has 2 aromatic carbocycles. The van der Waals surface area contributed by atoms with E-state index in [9.17, 15) is 14.0 Å². The molecule has 6 rings (SSSR count). The number of nitrogens with one attached hydrogen (secondary N) is 1. The van der Waals surface area contributed by atoms with Gasteiger partial charge in [-0.1, -0.05) is 25.1 Å². The van der Waals surface area contributed by atoms with Crippen molar-refractivity contribution < 1.29 is 27.9 Å². The van der Waals surface area contributed by atoms with Gasteiger partial charge in [0.05, 0.1) is 18.8 Å². The molecule has 1 fully saturated rings. The summed E-state index contributed by atoms with van der Waals surface area (Å²) in [5.41, 5.74) is 2.19. The maximum absolute atomic E-state index is 14.1. The molecule has 44 heavy (non-hydrogen) atoms. The van der Waals surface area contributed by atoms with Crippen LogP contribution in [-0.2, 0) is 19.6 Å². The van der Waals surface area contributed by atoms with Gasteiger partial charge in [-0.2, -0.15) is 0 Å². The molecule has 3 amide bonds. The van der Waals surface area contributed by atoms with Crippen LogP contribution in [0.3, 0.4) is 0 Å². The summed E-state index contributed by atoms with van der Waals surface area (Å²) in [6.45, 7) is 7.04. The first-order chi connectivity index (χ1) is 21.5. The SMILES string of the molecule is CCCN(Cc1cccn1Cc1ccc(C(=O)N2CCN(Cc3ccc4c(c3)OCO4)CC2)o1)C(=O)Nc1ccccc1F. The van der Waals surface area contributed by atoms with Crippen molar-refractivity contribution in [2.45, 2.75) is 33.0 Å². The summed E-state index contributed by atoms with van der Waals surface area (Å²) in [7, 11) is 0. The maximum Gasteiger partial charge on any atom is 0.322 e. The first kappa shape index (κ1) is 29.3. The van der Waals surface area contributed by atoms with Gasteiger partial charge in [-0.25, -0.2) is 9.18 Å². The molecule has 2 aromatic heterocycles. The van der Waals surface area contributed by atoms with E-state index in [4.69, 9.17) is 13.9 Å². The number of carbonyl (C=O) groups is 2. The molecular formula is C33H36FN5O5. The summed E-state index contributed by atoms with van der Waals surface area (Å²) >= 11 is 0. The molecular weight excluding hydrogens is 565 g/mol. The zero-order chi connectivity index (χ0) is 30.5. The average molecular weight is 602 g/mol. The second kappa shape index (κ2) is 13.3. The second-order valence-corrected chi connectivity index (χ2v) is 11.0. The topological polar surface area (TPSA) is 92.4 Å². The Kier molecular flexibility index (Phi) is 8.83. The molecule has 0 atom stereocenters. The minimum atomic E-state index is -0.480. The third-order valence-electron chi connectivity index (χ3n) is 7.87. The first-order valence-corrected chi connectivity index (χ1v) is 14.9. The van der Waals surface area contributed by atoms with Crippen LogP contribution in [0.5, 0.6) is 11.5 Å². The van der Waals surface area contributed by atoms with Gasteiger partial charge >= 0.3 is 6.03 Å². The maximum atomic E-state index is 14.1. The highest BCUT2D eigenvalue weighted by molar-refractivity contribution is 5.91. The van der Waals surface area contributed by atoms with E-state index in [-0.39, 0.29) is 24.4 Å². The standard InChI is InChI=1S/C33H36FN5O5/c1-2-13-39(33(41)35-28-8-4-3-7-27(28)34)21-25-6-5-14-38(25)22-26-10-12-30(44-26)32(40)37-17-15-36(16-18-37)20-24-9-11-29-31(19-24)43-23-42-29/h3-12,14,19H,2,13,15-18,20-23H2,1H3,(H,35,41). The Morgan fingerprint density at radius 3 is 2.57 bits per heavy atom. The van der Waals surface area contributed by atoms with Crippen LogP contribution >= 0.6 is 0 Å².